The van der Waals surface area contributed by atoms with Crippen LogP contribution in [0.25, 0.3) is 10.9 Å². The number of carbonyl (C=O) groups is 2. The molecule has 0 bridgehead atoms. The molecular weight excluding hydrogens is 390 g/mol. The summed E-state index contributed by atoms with van der Waals surface area (Å²) in [7, 11) is 1.71. The molecule has 2 amide bonds. The van der Waals surface area contributed by atoms with E-state index in [9.17, 15) is 14.4 Å². The summed E-state index contributed by atoms with van der Waals surface area (Å²) >= 11 is 0. The van der Waals surface area contributed by atoms with Gasteiger partial charge in [0, 0.05) is 37.3 Å². The van der Waals surface area contributed by atoms with Gasteiger partial charge in [-0.3, -0.25) is 19.0 Å². The average molecular weight is 418 g/mol. The molecule has 0 aliphatic carbocycles. The summed E-state index contributed by atoms with van der Waals surface area (Å²) in [6.45, 7) is 3.31. The van der Waals surface area contributed by atoms with Gasteiger partial charge in [-0.25, -0.2) is 0 Å². The fourth-order valence-electron chi connectivity index (χ4n) is 4.16. The molecule has 2 aromatic carbocycles. The lowest BCUT2D eigenvalue weighted by atomic mass is 10.0. The number of rotatable bonds is 4. The number of aryl methyl sites for hydroxylation is 1. The zero-order valence-corrected chi connectivity index (χ0v) is 18.0. The molecule has 1 aromatic heterocycles. The van der Waals surface area contributed by atoms with Crippen LogP contribution in [-0.2, 0) is 11.3 Å². The van der Waals surface area contributed by atoms with Gasteiger partial charge in [0.1, 0.15) is 6.54 Å². The molecule has 31 heavy (non-hydrogen) atoms. The molecule has 4 rings (SSSR count). The van der Waals surface area contributed by atoms with Crippen LogP contribution in [-0.4, -0.2) is 41.4 Å². The van der Waals surface area contributed by atoms with E-state index in [1.54, 1.807) is 18.0 Å². The van der Waals surface area contributed by atoms with E-state index in [0.29, 0.717) is 16.5 Å². The summed E-state index contributed by atoms with van der Waals surface area (Å²) in [6.07, 6.45) is 3.10. The van der Waals surface area contributed by atoms with Gasteiger partial charge < -0.3 is 9.80 Å². The van der Waals surface area contributed by atoms with E-state index in [1.165, 1.54) is 10.6 Å². The Morgan fingerprint density at radius 3 is 2.45 bits per heavy atom. The number of likely N-dealkylation sites (N-methyl/N-ethyl adjacent to an activating group) is 1. The van der Waals surface area contributed by atoms with Crippen molar-refractivity contribution in [1.82, 2.24) is 9.47 Å². The normalized spacial score (nSPS) is 13.9. The molecule has 0 spiro atoms. The van der Waals surface area contributed by atoms with Crippen molar-refractivity contribution in [1.29, 1.82) is 0 Å². The second-order valence-corrected chi connectivity index (χ2v) is 8.14. The van der Waals surface area contributed by atoms with E-state index in [0.717, 1.165) is 43.6 Å². The number of likely N-dealkylation sites (tertiary alicyclic amines) is 1. The van der Waals surface area contributed by atoms with Gasteiger partial charge in [0.15, 0.2) is 0 Å². The number of nitrogens with zero attached hydrogens (tertiary/aromatic N) is 3. The van der Waals surface area contributed by atoms with Crippen molar-refractivity contribution in [2.75, 3.05) is 25.0 Å². The molecular formula is C25H27N3O3. The highest BCUT2D eigenvalue weighted by atomic mass is 16.2. The molecule has 1 aliphatic heterocycles. The van der Waals surface area contributed by atoms with Crippen LogP contribution in [0.3, 0.4) is 0 Å². The summed E-state index contributed by atoms with van der Waals surface area (Å²) < 4.78 is 1.46. The van der Waals surface area contributed by atoms with Gasteiger partial charge in [-0.05, 0) is 49.9 Å². The first kappa shape index (κ1) is 20.8. The lowest BCUT2D eigenvalue weighted by molar-refractivity contribution is -0.118. The van der Waals surface area contributed by atoms with Gasteiger partial charge in [0.2, 0.25) is 5.91 Å². The molecule has 1 aliphatic rings. The number of carbonyl (C=O) groups excluding carboxylic acids is 2. The van der Waals surface area contributed by atoms with Crippen molar-refractivity contribution in [3.05, 3.63) is 76.1 Å². The molecule has 0 unspecified atom stereocenters. The van der Waals surface area contributed by atoms with Gasteiger partial charge >= 0.3 is 0 Å². The Bertz CT molecular complexity index is 1190. The van der Waals surface area contributed by atoms with Gasteiger partial charge in [0.05, 0.1) is 11.1 Å². The Labute approximate surface area is 181 Å². The fraction of sp³-hybridized carbons (Fsp3) is 0.320. The van der Waals surface area contributed by atoms with Gasteiger partial charge in [-0.1, -0.05) is 30.3 Å². The Hall–Kier alpha value is -3.41. The zero-order chi connectivity index (χ0) is 22.0. The molecule has 0 radical (unpaired) electrons. The number of para-hydroxylation sites is 1. The first-order valence-corrected chi connectivity index (χ1v) is 10.7. The molecule has 2 heterocycles. The molecule has 160 valence electrons. The van der Waals surface area contributed by atoms with Crippen molar-refractivity contribution in [2.24, 2.45) is 0 Å². The van der Waals surface area contributed by atoms with Gasteiger partial charge in [0.25, 0.3) is 11.5 Å². The number of fused-ring (bicyclic) bond motifs is 1. The molecule has 6 heteroatoms. The van der Waals surface area contributed by atoms with Crippen LogP contribution in [0.4, 0.5) is 5.69 Å². The van der Waals surface area contributed by atoms with Crippen LogP contribution in [0.2, 0.25) is 0 Å². The zero-order valence-electron chi connectivity index (χ0n) is 18.0. The predicted molar refractivity (Wildman–Crippen MR) is 123 cm³/mol. The highest BCUT2D eigenvalue weighted by molar-refractivity contribution is 6.06. The van der Waals surface area contributed by atoms with Crippen LogP contribution in [0, 0.1) is 6.92 Å². The minimum atomic E-state index is -0.343. The fourth-order valence-corrected chi connectivity index (χ4v) is 4.16. The summed E-state index contributed by atoms with van der Waals surface area (Å²) in [5.74, 6) is -0.309. The van der Waals surface area contributed by atoms with Crippen LogP contribution >= 0.6 is 0 Å². The van der Waals surface area contributed by atoms with Crippen molar-refractivity contribution in [3.63, 3.8) is 0 Å². The maximum absolute atomic E-state index is 13.1. The van der Waals surface area contributed by atoms with Crippen LogP contribution in [0.5, 0.6) is 0 Å². The lowest BCUT2D eigenvalue weighted by Crippen LogP contribution is -2.37. The summed E-state index contributed by atoms with van der Waals surface area (Å²) in [5, 5.41) is 0.698. The van der Waals surface area contributed by atoms with Gasteiger partial charge in [-0.15, -0.1) is 0 Å². The SMILES string of the molecule is Cc1cccc(N(C)C(=O)Cn2c(=O)cc(C(=O)N3CCCCC3)c3ccccc32)c1. The Morgan fingerprint density at radius 2 is 1.71 bits per heavy atom. The number of anilines is 1. The minimum absolute atomic E-state index is 0.0953. The van der Waals surface area contributed by atoms with Crippen molar-refractivity contribution >= 4 is 28.4 Å². The molecule has 1 fully saturated rings. The van der Waals surface area contributed by atoms with Crippen molar-refractivity contribution in [2.45, 2.75) is 32.7 Å². The number of hydrogen-bond donors (Lipinski definition) is 0. The predicted octanol–water partition coefficient (Wildman–Crippen LogP) is 3.60. The summed E-state index contributed by atoms with van der Waals surface area (Å²) in [6, 6.07) is 16.4. The van der Waals surface area contributed by atoms with Crippen LogP contribution in [0.15, 0.2) is 59.4 Å². The molecule has 1 saturated heterocycles. The third kappa shape index (κ3) is 4.24. The maximum Gasteiger partial charge on any atom is 0.254 e. The molecule has 0 saturated carbocycles. The Balaban J connectivity index is 1.69. The van der Waals surface area contributed by atoms with E-state index in [1.807, 2.05) is 54.3 Å². The van der Waals surface area contributed by atoms with Crippen molar-refractivity contribution in [3.8, 4) is 0 Å². The highest BCUT2D eigenvalue weighted by Gasteiger charge is 2.23. The third-order valence-corrected chi connectivity index (χ3v) is 5.95. The van der Waals surface area contributed by atoms with Gasteiger partial charge in [-0.2, -0.15) is 0 Å². The second-order valence-electron chi connectivity index (χ2n) is 8.14. The smallest absolute Gasteiger partial charge is 0.254 e. The Morgan fingerprint density at radius 1 is 0.968 bits per heavy atom. The first-order chi connectivity index (χ1) is 15.0. The monoisotopic (exact) mass is 417 g/mol. The minimum Gasteiger partial charge on any atom is -0.339 e. The molecule has 3 aromatic rings. The number of amides is 2. The van der Waals surface area contributed by atoms with E-state index in [-0.39, 0.29) is 23.9 Å². The summed E-state index contributed by atoms with van der Waals surface area (Å²) in [4.78, 5) is 42.5. The standard InChI is InChI=1S/C25H27N3O3/c1-18-9-8-10-19(15-18)26(2)24(30)17-28-22-12-5-4-11-20(22)21(16-23(28)29)25(31)27-13-6-3-7-14-27/h4-5,8-12,15-16H,3,6-7,13-14,17H2,1-2H3. The second kappa shape index (κ2) is 8.76. The average Bonchev–Trinajstić information content (AvgIpc) is 2.80. The highest BCUT2D eigenvalue weighted by Crippen LogP contribution is 2.21. The van der Waals surface area contributed by atoms with E-state index < -0.39 is 0 Å². The molecule has 0 N–H and O–H groups in total. The third-order valence-electron chi connectivity index (χ3n) is 5.95. The summed E-state index contributed by atoms with van der Waals surface area (Å²) in [5.41, 5.74) is 2.50. The largest absolute Gasteiger partial charge is 0.339 e. The number of hydrogen-bond acceptors (Lipinski definition) is 3. The lowest BCUT2D eigenvalue weighted by Gasteiger charge is -2.27. The maximum atomic E-state index is 13.1. The number of pyridine rings is 1. The van der Waals surface area contributed by atoms with Crippen LogP contribution in [0.1, 0.15) is 35.2 Å². The van der Waals surface area contributed by atoms with Crippen molar-refractivity contribution < 1.29 is 9.59 Å². The number of benzene rings is 2. The first-order valence-electron chi connectivity index (χ1n) is 10.7. The molecule has 6 nitrogen and oxygen atoms in total. The van der Waals surface area contributed by atoms with Crippen LogP contribution < -0.4 is 10.5 Å². The Kier molecular flexibility index (Phi) is 5.89. The van der Waals surface area contributed by atoms with E-state index >= 15 is 0 Å². The van der Waals surface area contributed by atoms with E-state index in [4.69, 9.17) is 0 Å². The van der Waals surface area contributed by atoms with E-state index in [2.05, 4.69) is 0 Å². The topological polar surface area (TPSA) is 62.6 Å². The molecule has 0 atom stereocenters. The number of piperidine rings is 1. The quantitative estimate of drug-likeness (QED) is 0.652. The number of aromatic nitrogens is 1.